The highest BCUT2D eigenvalue weighted by Gasteiger charge is 2.27. The number of hydrogen-bond acceptors (Lipinski definition) is 5. The number of aromatic nitrogens is 2. The number of imidazole rings is 1. The van der Waals surface area contributed by atoms with Crippen LogP contribution in [0.15, 0.2) is 12.5 Å². The quantitative estimate of drug-likeness (QED) is 0.721. The molecule has 96 valence electrons. The maximum Gasteiger partial charge on any atom is 0.329 e. The molecule has 2 unspecified atom stereocenters. The van der Waals surface area contributed by atoms with Crippen LogP contribution in [0.3, 0.4) is 0 Å². The molecule has 0 bridgehead atoms. The van der Waals surface area contributed by atoms with E-state index in [0.717, 1.165) is 0 Å². The van der Waals surface area contributed by atoms with Gasteiger partial charge in [-0.05, 0) is 5.92 Å². The fourth-order valence-corrected chi connectivity index (χ4v) is 1.76. The van der Waals surface area contributed by atoms with Gasteiger partial charge in [0.25, 0.3) is 0 Å². The Labute approximate surface area is 100 Å². The van der Waals surface area contributed by atoms with Crippen LogP contribution >= 0.6 is 0 Å². The SMILES string of the molecule is COC(=O)C(C(C)C)n1cncc1C(N)CO. The summed E-state index contributed by atoms with van der Waals surface area (Å²) in [5.74, 6) is -0.300. The van der Waals surface area contributed by atoms with E-state index in [1.165, 1.54) is 13.4 Å². The van der Waals surface area contributed by atoms with Crippen molar-refractivity contribution in [1.82, 2.24) is 9.55 Å². The Hall–Kier alpha value is -1.40. The first kappa shape index (κ1) is 13.7. The van der Waals surface area contributed by atoms with Crippen LogP contribution in [0.5, 0.6) is 0 Å². The van der Waals surface area contributed by atoms with Crippen molar-refractivity contribution in [2.45, 2.75) is 25.9 Å². The second-order valence-corrected chi connectivity index (χ2v) is 4.23. The van der Waals surface area contributed by atoms with E-state index in [1.807, 2.05) is 13.8 Å². The Morgan fingerprint density at radius 1 is 1.65 bits per heavy atom. The van der Waals surface area contributed by atoms with Gasteiger partial charge < -0.3 is 20.1 Å². The van der Waals surface area contributed by atoms with Crippen molar-refractivity contribution in [2.24, 2.45) is 11.7 Å². The summed E-state index contributed by atoms with van der Waals surface area (Å²) in [4.78, 5) is 15.7. The van der Waals surface area contributed by atoms with E-state index in [0.29, 0.717) is 5.69 Å². The van der Waals surface area contributed by atoms with E-state index in [1.54, 1.807) is 10.8 Å². The van der Waals surface area contributed by atoms with Gasteiger partial charge in [-0.3, -0.25) is 0 Å². The molecule has 0 fully saturated rings. The lowest BCUT2D eigenvalue weighted by Gasteiger charge is -2.23. The maximum absolute atomic E-state index is 11.7. The number of nitrogens with two attached hydrogens (primary N) is 1. The number of ether oxygens (including phenoxy) is 1. The van der Waals surface area contributed by atoms with Crippen molar-refractivity contribution in [3.8, 4) is 0 Å². The third kappa shape index (κ3) is 2.83. The van der Waals surface area contributed by atoms with Gasteiger partial charge >= 0.3 is 5.97 Å². The molecule has 0 aliphatic heterocycles. The minimum Gasteiger partial charge on any atom is -0.467 e. The molecule has 3 N–H and O–H groups in total. The predicted molar refractivity (Wildman–Crippen MR) is 62.1 cm³/mol. The summed E-state index contributed by atoms with van der Waals surface area (Å²) in [6, 6.07) is -1.03. The number of methoxy groups -OCH3 is 1. The highest BCUT2D eigenvalue weighted by atomic mass is 16.5. The van der Waals surface area contributed by atoms with Crippen molar-refractivity contribution in [2.75, 3.05) is 13.7 Å². The zero-order valence-corrected chi connectivity index (χ0v) is 10.3. The summed E-state index contributed by atoms with van der Waals surface area (Å²) in [5, 5.41) is 9.06. The first-order valence-corrected chi connectivity index (χ1v) is 5.48. The summed E-state index contributed by atoms with van der Waals surface area (Å²) in [5.41, 5.74) is 6.38. The van der Waals surface area contributed by atoms with Gasteiger partial charge in [-0.25, -0.2) is 9.78 Å². The smallest absolute Gasteiger partial charge is 0.329 e. The van der Waals surface area contributed by atoms with Gasteiger partial charge in [-0.2, -0.15) is 0 Å². The molecule has 0 saturated carbocycles. The molecule has 1 rings (SSSR count). The van der Waals surface area contributed by atoms with Gasteiger partial charge in [0.15, 0.2) is 0 Å². The normalized spacial score (nSPS) is 14.7. The summed E-state index contributed by atoms with van der Waals surface area (Å²) >= 11 is 0. The number of carbonyl (C=O) groups is 1. The lowest BCUT2D eigenvalue weighted by Crippen LogP contribution is -2.29. The average molecular weight is 241 g/mol. The van der Waals surface area contributed by atoms with E-state index in [9.17, 15) is 4.79 Å². The van der Waals surface area contributed by atoms with Crippen molar-refractivity contribution in [3.05, 3.63) is 18.2 Å². The van der Waals surface area contributed by atoms with Gasteiger partial charge in [0, 0.05) is 6.20 Å². The number of hydrogen-bond donors (Lipinski definition) is 2. The third-order valence-corrected chi connectivity index (χ3v) is 2.65. The van der Waals surface area contributed by atoms with Crippen LogP contribution < -0.4 is 5.73 Å². The Kier molecular flexibility index (Phi) is 4.65. The first-order chi connectivity index (χ1) is 8.02. The summed E-state index contributed by atoms with van der Waals surface area (Å²) < 4.78 is 6.44. The number of nitrogens with zero attached hydrogens (tertiary/aromatic N) is 2. The van der Waals surface area contributed by atoms with Gasteiger partial charge in [0.2, 0.25) is 0 Å². The minimum absolute atomic E-state index is 0.0429. The van der Waals surface area contributed by atoms with Crippen LogP contribution in [-0.2, 0) is 9.53 Å². The topological polar surface area (TPSA) is 90.4 Å². The molecular formula is C11H19N3O3. The van der Waals surface area contributed by atoms with Crippen LogP contribution in [0.1, 0.15) is 31.6 Å². The minimum atomic E-state index is -0.552. The zero-order chi connectivity index (χ0) is 13.0. The van der Waals surface area contributed by atoms with Crippen molar-refractivity contribution >= 4 is 5.97 Å². The van der Waals surface area contributed by atoms with Crippen LogP contribution in [-0.4, -0.2) is 34.3 Å². The molecule has 0 spiro atoms. The summed E-state index contributed by atoms with van der Waals surface area (Å²) in [7, 11) is 1.35. The van der Waals surface area contributed by atoms with Crippen LogP contribution in [0.25, 0.3) is 0 Å². The molecule has 0 aromatic carbocycles. The highest BCUT2D eigenvalue weighted by molar-refractivity contribution is 5.74. The molecule has 6 heteroatoms. The molecule has 17 heavy (non-hydrogen) atoms. The molecule has 1 aromatic rings. The molecule has 0 amide bonds. The van der Waals surface area contributed by atoms with Crippen molar-refractivity contribution in [1.29, 1.82) is 0 Å². The van der Waals surface area contributed by atoms with Gasteiger partial charge in [-0.15, -0.1) is 0 Å². The maximum atomic E-state index is 11.7. The monoisotopic (exact) mass is 241 g/mol. The Balaban J connectivity index is 3.11. The fourth-order valence-electron chi connectivity index (χ4n) is 1.76. The second kappa shape index (κ2) is 5.79. The predicted octanol–water partition coefficient (Wildman–Crippen LogP) is 0.245. The van der Waals surface area contributed by atoms with E-state index in [4.69, 9.17) is 15.6 Å². The Bertz CT molecular complexity index is 376. The number of aliphatic hydroxyl groups excluding tert-OH is 1. The number of esters is 1. The highest BCUT2D eigenvalue weighted by Crippen LogP contribution is 2.23. The van der Waals surface area contributed by atoms with E-state index >= 15 is 0 Å². The summed E-state index contributed by atoms with van der Waals surface area (Å²) in [6.07, 6.45) is 3.09. The van der Waals surface area contributed by atoms with E-state index in [-0.39, 0.29) is 18.5 Å². The second-order valence-electron chi connectivity index (χ2n) is 4.23. The first-order valence-electron chi connectivity index (χ1n) is 5.48. The zero-order valence-electron chi connectivity index (χ0n) is 10.3. The molecule has 1 aromatic heterocycles. The molecule has 0 saturated heterocycles. The van der Waals surface area contributed by atoms with Crippen LogP contribution in [0.4, 0.5) is 0 Å². The number of rotatable bonds is 5. The number of carbonyl (C=O) groups excluding carboxylic acids is 1. The number of aliphatic hydroxyl groups is 1. The van der Waals surface area contributed by atoms with Crippen molar-refractivity contribution < 1.29 is 14.6 Å². The molecule has 0 radical (unpaired) electrons. The Morgan fingerprint density at radius 3 is 2.76 bits per heavy atom. The van der Waals surface area contributed by atoms with Crippen LogP contribution in [0, 0.1) is 5.92 Å². The molecular weight excluding hydrogens is 222 g/mol. The van der Waals surface area contributed by atoms with Crippen molar-refractivity contribution in [3.63, 3.8) is 0 Å². The van der Waals surface area contributed by atoms with Gasteiger partial charge in [-0.1, -0.05) is 13.8 Å². The molecule has 6 nitrogen and oxygen atoms in total. The lowest BCUT2D eigenvalue weighted by atomic mass is 10.0. The van der Waals surface area contributed by atoms with Gasteiger partial charge in [0.1, 0.15) is 6.04 Å². The lowest BCUT2D eigenvalue weighted by molar-refractivity contribution is -0.146. The largest absolute Gasteiger partial charge is 0.467 e. The standard InChI is InChI=1S/C11H19N3O3/c1-7(2)10(11(16)17-3)14-6-13-4-9(14)8(12)5-15/h4,6-8,10,15H,5,12H2,1-3H3. The molecule has 0 aliphatic carbocycles. The average Bonchev–Trinajstić information content (AvgIpc) is 2.76. The fraction of sp³-hybridized carbons (Fsp3) is 0.636. The van der Waals surface area contributed by atoms with Gasteiger partial charge in [0.05, 0.1) is 31.8 Å². The summed E-state index contributed by atoms with van der Waals surface area (Å²) in [6.45, 7) is 3.63. The third-order valence-electron chi connectivity index (χ3n) is 2.65. The van der Waals surface area contributed by atoms with E-state index < -0.39 is 12.1 Å². The molecule has 1 heterocycles. The molecule has 2 atom stereocenters. The Morgan fingerprint density at radius 2 is 2.29 bits per heavy atom. The molecule has 0 aliphatic rings. The van der Waals surface area contributed by atoms with Crippen LogP contribution in [0.2, 0.25) is 0 Å². The van der Waals surface area contributed by atoms with E-state index in [2.05, 4.69) is 4.98 Å².